The van der Waals surface area contributed by atoms with E-state index in [9.17, 15) is 4.79 Å². The number of carbonyl (C=O) groups excluding carboxylic acids is 1. The molecule has 0 bridgehead atoms. The Hall–Kier alpha value is -1.87. The molecule has 114 valence electrons. The zero-order chi connectivity index (χ0) is 15.1. The number of nitrogens with one attached hydrogen (secondary N) is 1. The summed E-state index contributed by atoms with van der Waals surface area (Å²) in [7, 11) is 0. The molecule has 1 aliphatic heterocycles. The first kappa shape index (κ1) is 13.8. The summed E-state index contributed by atoms with van der Waals surface area (Å²) in [6.45, 7) is 4.82. The van der Waals surface area contributed by atoms with Gasteiger partial charge in [0, 0.05) is 31.6 Å². The van der Waals surface area contributed by atoms with E-state index < -0.39 is 0 Å². The third kappa shape index (κ3) is 2.40. The molecule has 3 nitrogen and oxygen atoms in total. The van der Waals surface area contributed by atoms with Crippen molar-refractivity contribution in [3.63, 3.8) is 0 Å². The van der Waals surface area contributed by atoms with Gasteiger partial charge in [0.05, 0.1) is 0 Å². The Morgan fingerprint density at radius 2 is 2.00 bits per heavy atom. The van der Waals surface area contributed by atoms with Gasteiger partial charge in [-0.15, -0.1) is 0 Å². The van der Waals surface area contributed by atoms with Crippen LogP contribution >= 0.6 is 0 Å². The standard InChI is InChI=1S/C19H22N2O/c1-13-12-20-8-9-21(13)19(22)18-11-17(18)16-7-6-14-4-2-3-5-15(14)10-16/h2-7,10,13,17-18,20H,8-9,11-12H2,1H3. The highest BCUT2D eigenvalue weighted by atomic mass is 16.2. The lowest BCUT2D eigenvalue weighted by molar-refractivity contribution is -0.135. The Balaban J connectivity index is 1.51. The van der Waals surface area contributed by atoms with Gasteiger partial charge in [0.15, 0.2) is 0 Å². The van der Waals surface area contributed by atoms with Crippen LogP contribution in [0.1, 0.15) is 24.8 Å². The minimum atomic E-state index is 0.196. The van der Waals surface area contributed by atoms with Crippen LogP contribution in [0.2, 0.25) is 0 Å². The Morgan fingerprint density at radius 3 is 2.82 bits per heavy atom. The molecule has 22 heavy (non-hydrogen) atoms. The topological polar surface area (TPSA) is 32.3 Å². The molecule has 4 rings (SSSR count). The van der Waals surface area contributed by atoms with Gasteiger partial charge < -0.3 is 10.2 Å². The fraction of sp³-hybridized carbons (Fsp3) is 0.421. The van der Waals surface area contributed by atoms with E-state index in [2.05, 4.69) is 59.6 Å². The molecule has 2 aromatic rings. The van der Waals surface area contributed by atoms with Crippen molar-refractivity contribution >= 4 is 16.7 Å². The van der Waals surface area contributed by atoms with Crippen molar-refractivity contribution in [2.75, 3.05) is 19.6 Å². The molecule has 0 spiro atoms. The van der Waals surface area contributed by atoms with E-state index in [0.717, 1.165) is 26.1 Å². The molecular formula is C19H22N2O. The minimum absolute atomic E-state index is 0.196. The van der Waals surface area contributed by atoms with Gasteiger partial charge in [0.25, 0.3) is 0 Å². The maximum Gasteiger partial charge on any atom is 0.226 e. The summed E-state index contributed by atoms with van der Waals surface area (Å²) in [5.74, 6) is 0.966. The molecule has 0 aromatic heterocycles. The van der Waals surface area contributed by atoms with E-state index in [4.69, 9.17) is 0 Å². The number of carbonyl (C=O) groups is 1. The van der Waals surface area contributed by atoms with Gasteiger partial charge in [-0.25, -0.2) is 0 Å². The fourth-order valence-electron chi connectivity index (χ4n) is 3.66. The van der Waals surface area contributed by atoms with Crippen LogP contribution in [0.3, 0.4) is 0 Å². The highest BCUT2D eigenvalue weighted by Crippen LogP contribution is 2.49. The minimum Gasteiger partial charge on any atom is -0.337 e. The molecular weight excluding hydrogens is 272 g/mol. The summed E-state index contributed by atoms with van der Waals surface area (Å²) in [6.07, 6.45) is 1.01. The van der Waals surface area contributed by atoms with Crippen LogP contribution < -0.4 is 5.32 Å². The third-order valence-electron chi connectivity index (χ3n) is 5.09. The van der Waals surface area contributed by atoms with Gasteiger partial charge in [0.1, 0.15) is 0 Å². The Labute approximate surface area is 131 Å². The van der Waals surface area contributed by atoms with E-state index in [1.54, 1.807) is 0 Å². The molecule has 1 saturated carbocycles. The van der Waals surface area contributed by atoms with Crippen molar-refractivity contribution in [3.8, 4) is 0 Å². The van der Waals surface area contributed by atoms with Gasteiger partial charge in [0.2, 0.25) is 5.91 Å². The van der Waals surface area contributed by atoms with Crippen LogP contribution in [-0.4, -0.2) is 36.5 Å². The third-order valence-corrected chi connectivity index (χ3v) is 5.09. The SMILES string of the molecule is CC1CNCCN1C(=O)C1CC1c1ccc2ccccc2c1. The molecule has 3 unspecified atom stereocenters. The van der Waals surface area contributed by atoms with Crippen molar-refractivity contribution < 1.29 is 4.79 Å². The second-order valence-corrected chi connectivity index (χ2v) is 6.64. The summed E-state index contributed by atoms with van der Waals surface area (Å²) in [5, 5.41) is 5.89. The largest absolute Gasteiger partial charge is 0.337 e. The normalized spacial score (nSPS) is 27.9. The van der Waals surface area contributed by atoms with E-state index >= 15 is 0 Å². The van der Waals surface area contributed by atoms with Crippen LogP contribution in [0, 0.1) is 5.92 Å². The van der Waals surface area contributed by atoms with Crippen LogP contribution in [0.5, 0.6) is 0 Å². The average Bonchev–Trinajstić information content (AvgIpc) is 3.35. The molecule has 2 aliphatic rings. The highest BCUT2D eigenvalue weighted by molar-refractivity contribution is 5.86. The molecule has 1 N–H and O–H groups in total. The lowest BCUT2D eigenvalue weighted by atomic mass is 10.0. The highest BCUT2D eigenvalue weighted by Gasteiger charge is 2.46. The number of amides is 1. The maximum absolute atomic E-state index is 12.7. The number of hydrogen-bond donors (Lipinski definition) is 1. The number of rotatable bonds is 2. The molecule has 0 radical (unpaired) electrons. The summed E-state index contributed by atoms with van der Waals surface area (Å²) >= 11 is 0. The predicted octanol–water partition coefficient (Wildman–Crippen LogP) is 2.76. The first-order chi connectivity index (χ1) is 10.7. The molecule has 1 amide bonds. The van der Waals surface area contributed by atoms with Crippen molar-refractivity contribution in [2.45, 2.75) is 25.3 Å². The molecule has 1 aliphatic carbocycles. The maximum atomic E-state index is 12.7. The van der Waals surface area contributed by atoms with Gasteiger partial charge in [-0.05, 0) is 35.6 Å². The van der Waals surface area contributed by atoms with Crippen molar-refractivity contribution in [3.05, 3.63) is 48.0 Å². The van der Waals surface area contributed by atoms with Crippen LogP contribution in [-0.2, 0) is 4.79 Å². The number of piperazine rings is 1. The first-order valence-corrected chi connectivity index (χ1v) is 8.24. The van der Waals surface area contributed by atoms with Crippen molar-refractivity contribution in [1.29, 1.82) is 0 Å². The first-order valence-electron chi connectivity index (χ1n) is 8.24. The molecule has 3 atom stereocenters. The zero-order valence-corrected chi connectivity index (χ0v) is 13.0. The van der Waals surface area contributed by atoms with E-state index in [1.165, 1.54) is 16.3 Å². The lowest BCUT2D eigenvalue weighted by Crippen LogP contribution is -2.52. The van der Waals surface area contributed by atoms with Crippen LogP contribution in [0.4, 0.5) is 0 Å². The molecule has 2 aromatic carbocycles. The Bertz CT molecular complexity index is 711. The van der Waals surface area contributed by atoms with Crippen LogP contribution in [0.15, 0.2) is 42.5 Å². The monoisotopic (exact) mass is 294 g/mol. The molecule has 1 heterocycles. The van der Waals surface area contributed by atoms with Crippen molar-refractivity contribution in [1.82, 2.24) is 10.2 Å². The predicted molar refractivity (Wildman–Crippen MR) is 88.8 cm³/mol. The smallest absolute Gasteiger partial charge is 0.226 e. The molecule has 3 heteroatoms. The summed E-state index contributed by atoms with van der Waals surface area (Å²) in [4.78, 5) is 14.8. The number of benzene rings is 2. The van der Waals surface area contributed by atoms with Gasteiger partial charge in [-0.1, -0.05) is 42.5 Å². The van der Waals surface area contributed by atoms with Gasteiger partial charge in [-0.3, -0.25) is 4.79 Å². The lowest BCUT2D eigenvalue weighted by Gasteiger charge is -2.34. The summed E-state index contributed by atoms with van der Waals surface area (Å²) in [5.41, 5.74) is 1.32. The summed E-state index contributed by atoms with van der Waals surface area (Å²) < 4.78 is 0. The number of fused-ring (bicyclic) bond motifs is 1. The van der Waals surface area contributed by atoms with Gasteiger partial charge >= 0.3 is 0 Å². The number of nitrogens with zero attached hydrogens (tertiary/aromatic N) is 1. The second-order valence-electron chi connectivity index (χ2n) is 6.64. The van der Waals surface area contributed by atoms with E-state index in [1.807, 2.05) is 0 Å². The van der Waals surface area contributed by atoms with Gasteiger partial charge in [-0.2, -0.15) is 0 Å². The second kappa shape index (κ2) is 5.40. The molecule has 2 fully saturated rings. The molecule has 1 saturated heterocycles. The quantitative estimate of drug-likeness (QED) is 0.923. The number of hydrogen-bond acceptors (Lipinski definition) is 2. The van der Waals surface area contributed by atoms with E-state index in [0.29, 0.717) is 17.9 Å². The van der Waals surface area contributed by atoms with E-state index in [-0.39, 0.29) is 5.92 Å². The Kier molecular flexibility index (Phi) is 3.38. The zero-order valence-electron chi connectivity index (χ0n) is 13.0. The fourth-order valence-corrected chi connectivity index (χ4v) is 3.66. The average molecular weight is 294 g/mol. The Morgan fingerprint density at radius 1 is 1.18 bits per heavy atom. The summed E-state index contributed by atoms with van der Waals surface area (Å²) in [6, 6.07) is 15.4. The van der Waals surface area contributed by atoms with Crippen LogP contribution in [0.25, 0.3) is 10.8 Å². The van der Waals surface area contributed by atoms with Crippen molar-refractivity contribution in [2.24, 2.45) is 5.92 Å².